The smallest absolute Gasteiger partial charge is 0.277 e. The van der Waals surface area contributed by atoms with Crippen LogP contribution < -0.4 is 10.9 Å². The summed E-state index contributed by atoms with van der Waals surface area (Å²) >= 11 is 7.50. The minimum absolute atomic E-state index is 0.118. The van der Waals surface area contributed by atoms with Crippen molar-refractivity contribution in [3.8, 4) is 0 Å². The summed E-state index contributed by atoms with van der Waals surface area (Å²) in [6.07, 6.45) is 2.34. The van der Waals surface area contributed by atoms with E-state index < -0.39 is 5.91 Å². The van der Waals surface area contributed by atoms with E-state index in [1.165, 1.54) is 23.5 Å². The molecule has 0 saturated carbocycles. The maximum Gasteiger partial charge on any atom is 0.277 e. The molecular weight excluding hydrogens is 336 g/mol. The van der Waals surface area contributed by atoms with Gasteiger partial charge in [-0.05, 0) is 17.7 Å². The molecule has 1 aromatic carbocycles. The number of nitrogens with zero attached hydrogens (tertiary/aromatic N) is 2. The van der Waals surface area contributed by atoms with Crippen LogP contribution in [0.15, 0.2) is 47.4 Å². The van der Waals surface area contributed by atoms with Crippen molar-refractivity contribution in [1.82, 2.24) is 15.2 Å². The molecule has 8 heteroatoms. The van der Waals surface area contributed by atoms with Crippen molar-refractivity contribution in [2.75, 3.05) is 5.32 Å². The molecule has 0 aliphatic heterocycles. The summed E-state index contributed by atoms with van der Waals surface area (Å²) in [4.78, 5) is 28.1. The second-order valence-corrected chi connectivity index (χ2v) is 6.18. The molecule has 2 aromatic heterocycles. The van der Waals surface area contributed by atoms with Gasteiger partial charge in [0.2, 0.25) is 0 Å². The molecule has 116 valence electrons. The van der Waals surface area contributed by atoms with E-state index in [0.29, 0.717) is 16.6 Å². The van der Waals surface area contributed by atoms with Crippen LogP contribution in [0.3, 0.4) is 0 Å². The topological polar surface area (TPSA) is 87.7 Å². The molecule has 2 N–H and O–H groups in total. The van der Waals surface area contributed by atoms with Crippen molar-refractivity contribution in [3.63, 3.8) is 0 Å². The Bertz CT molecular complexity index is 886. The van der Waals surface area contributed by atoms with Crippen LogP contribution in [-0.2, 0) is 6.42 Å². The van der Waals surface area contributed by atoms with Gasteiger partial charge in [0.1, 0.15) is 5.69 Å². The van der Waals surface area contributed by atoms with E-state index in [9.17, 15) is 9.59 Å². The molecule has 0 radical (unpaired) electrons. The third kappa shape index (κ3) is 3.82. The fraction of sp³-hybridized carbons (Fsp3) is 0.0667. The van der Waals surface area contributed by atoms with Gasteiger partial charge in [0.25, 0.3) is 11.5 Å². The van der Waals surface area contributed by atoms with Crippen LogP contribution in [0.4, 0.5) is 5.13 Å². The lowest BCUT2D eigenvalue weighted by molar-refractivity contribution is 0.102. The maximum absolute atomic E-state index is 12.0. The normalized spacial score (nSPS) is 10.5. The zero-order valence-electron chi connectivity index (χ0n) is 11.7. The first kappa shape index (κ1) is 15.4. The number of carbonyl (C=O) groups is 1. The molecule has 0 atom stereocenters. The van der Waals surface area contributed by atoms with Gasteiger partial charge in [-0.2, -0.15) is 5.10 Å². The number of hydrogen-bond acceptors (Lipinski definition) is 5. The maximum atomic E-state index is 12.0. The first-order chi connectivity index (χ1) is 11.1. The Hall–Kier alpha value is -2.51. The molecule has 0 aliphatic carbocycles. The molecule has 6 nitrogen and oxygen atoms in total. The number of benzene rings is 1. The number of aromatic nitrogens is 3. The standard InChI is InChI=1S/C15H11ClN4O2S/c16-11-4-2-1-3-9(11)7-10-8-17-15(23-10)18-14(22)12-5-6-13(21)20-19-12/h1-6,8H,7H2,(H,20,21)(H,17,18,22). The number of halogens is 1. The minimum Gasteiger partial charge on any atom is -0.296 e. The van der Waals surface area contributed by atoms with Crippen molar-refractivity contribution in [2.45, 2.75) is 6.42 Å². The van der Waals surface area contributed by atoms with Crippen LogP contribution in [0.1, 0.15) is 20.9 Å². The quantitative estimate of drug-likeness (QED) is 0.760. The Morgan fingerprint density at radius 1 is 1.26 bits per heavy atom. The fourth-order valence-corrected chi connectivity index (χ4v) is 2.94. The molecule has 3 aromatic rings. The molecule has 3 rings (SSSR count). The third-order valence-electron chi connectivity index (χ3n) is 3.01. The van der Waals surface area contributed by atoms with Gasteiger partial charge < -0.3 is 0 Å². The van der Waals surface area contributed by atoms with Crippen molar-refractivity contribution >= 4 is 34.0 Å². The lowest BCUT2D eigenvalue weighted by Gasteiger charge is -2.01. The van der Waals surface area contributed by atoms with E-state index in [4.69, 9.17) is 11.6 Å². The van der Waals surface area contributed by atoms with E-state index in [-0.39, 0.29) is 11.3 Å². The van der Waals surface area contributed by atoms with Gasteiger partial charge in [-0.3, -0.25) is 14.9 Å². The second-order valence-electron chi connectivity index (χ2n) is 4.66. The van der Waals surface area contributed by atoms with E-state index in [0.717, 1.165) is 10.4 Å². The summed E-state index contributed by atoms with van der Waals surface area (Å²) in [5.41, 5.74) is 0.753. The largest absolute Gasteiger partial charge is 0.296 e. The summed E-state index contributed by atoms with van der Waals surface area (Å²) in [5.74, 6) is -0.431. The lowest BCUT2D eigenvalue weighted by atomic mass is 10.1. The molecule has 0 unspecified atom stereocenters. The number of thiazole rings is 1. The molecule has 0 saturated heterocycles. The predicted molar refractivity (Wildman–Crippen MR) is 89.2 cm³/mol. The van der Waals surface area contributed by atoms with Gasteiger partial charge in [-0.1, -0.05) is 29.8 Å². The van der Waals surface area contributed by atoms with E-state index in [2.05, 4.69) is 20.5 Å². The van der Waals surface area contributed by atoms with E-state index in [1.807, 2.05) is 24.3 Å². The Morgan fingerprint density at radius 2 is 2.09 bits per heavy atom. The Labute approximate surface area is 140 Å². The van der Waals surface area contributed by atoms with Crippen LogP contribution in [0.2, 0.25) is 5.02 Å². The highest BCUT2D eigenvalue weighted by molar-refractivity contribution is 7.15. The monoisotopic (exact) mass is 346 g/mol. The molecule has 0 aliphatic rings. The van der Waals surface area contributed by atoms with E-state index in [1.54, 1.807) is 6.20 Å². The van der Waals surface area contributed by atoms with Gasteiger partial charge >= 0.3 is 0 Å². The molecule has 23 heavy (non-hydrogen) atoms. The summed E-state index contributed by atoms with van der Waals surface area (Å²) in [6, 6.07) is 10.2. The highest BCUT2D eigenvalue weighted by Gasteiger charge is 2.11. The number of carbonyl (C=O) groups excluding carboxylic acids is 1. The fourth-order valence-electron chi connectivity index (χ4n) is 1.91. The first-order valence-electron chi connectivity index (χ1n) is 6.67. The molecule has 1 amide bonds. The Balaban J connectivity index is 1.70. The number of aromatic amines is 1. The Kier molecular flexibility index (Phi) is 4.50. The highest BCUT2D eigenvalue weighted by atomic mass is 35.5. The first-order valence-corrected chi connectivity index (χ1v) is 7.86. The third-order valence-corrected chi connectivity index (χ3v) is 4.29. The van der Waals surface area contributed by atoms with Gasteiger partial charge in [0.15, 0.2) is 5.13 Å². The average molecular weight is 347 g/mol. The summed E-state index contributed by atoms with van der Waals surface area (Å²) in [5, 5.41) is 9.69. The zero-order chi connectivity index (χ0) is 16.2. The zero-order valence-corrected chi connectivity index (χ0v) is 13.3. The molecule has 2 heterocycles. The number of amides is 1. The molecule has 0 spiro atoms. The number of H-pyrrole nitrogens is 1. The van der Waals surface area contributed by atoms with Crippen LogP contribution in [0, 0.1) is 0 Å². The van der Waals surface area contributed by atoms with E-state index >= 15 is 0 Å². The van der Waals surface area contributed by atoms with Crippen molar-refractivity contribution in [2.24, 2.45) is 0 Å². The van der Waals surface area contributed by atoms with Gasteiger partial charge in [0, 0.05) is 28.6 Å². The van der Waals surface area contributed by atoms with Crippen molar-refractivity contribution < 1.29 is 4.79 Å². The molecule has 0 bridgehead atoms. The lowest BCUT2D eigenvalue weighted by Crippen LogP contribution is -2.17. The van der Waals surface area contributed by atoms with Crippen LogP contribution in [0.5, 0.6) is 0 Å². The van der Waals surface area contributed by atoms with Crippen LogP contribution in [0.25, 0.3) is 0 Å². The number of anilines is 1. The predicted octanol–water partition coefficient (Wildman–Crippen LogP) is 2.72. The number of nitrogens with one attached hydrogen (secondary N) is 2. The average Bonchev–Trinajstić information content (AvgIpc) is 2.97. The summed E-state index contributed by atoms with van der Waals surface area (Å²) in [6.45, 7) is 0. The summed E-state index contributed by atoms with van der Waals surface area (Å²) < 4.78 is 0. The van der Waals surface area contributed by atoms with Crippen LogP contribution in [-0.4, -0.2) is 21.1 Å². The van der Waals surface area contributed by atoms with Gasteiger partial charge in [0.05, 0.1) is 0 Å². The van der Waals surface area contributed by atoms with Crippen molar-refractivity contribution in [3.05, 3.63) is 74.1 Å². The molecular formula is C15H11ClN4O2S. The summed E-state index contributed by atoms with van der Waals surface area (Å²) in [7, 11) is 0. The molecule has 0 fully saturated rings. The Morgan fingerprint density at radius 3 is 2.83 bits per heavy atom. The van der Waals surface area contributed by atoms with Crippen molar-refractivity contribution in [1.29, 1.82) is 0 Å². The minimum atomic E-state index is -0.431. The second kappa shape index (κ2) is 6.72. The van der Waals surface area contributed by atoms with Gasteiger partial charge in [-0.15, -0.1) is 11.3 Å². The highest BCUT2D eigenvalue weighted by Crippen LogP contribution is 2.24. The number of rotatable bonds is 4. The SMILES string of the molecule is O=C(Nc1ncc(Cc2ccccc2Cl)s1)c1ccc(=O)[nH]n1. The van der Waals surface area contributed by atoms with Gasteiger partial charge in [-0.25, -0.2) is 10.1 Å². The number of hydrogen-bond donors (Lipinski definition) is 2. The van der Waals surface area contributed by atoms with Crippen LogP contribution >= 0.6 is 22.9 Å².